The summed E-state index contributed by atoms with van der Waals surface area (Å²) in [5.41, 5.74) is -0.489. The molecule has 3 fully saturated rings. The second-order valence-corrected chi connectivity index (χ2v) is 17.1. The van der Waals surface area contributed by atoms with Gasteiger partial charge < -0.3 is 15.0 Å². The number of amides is 3. The predicted octanol–water partition coefficient (Wildman–Crippen LogP) is 5.62. The molecule has 8 rings (SSSR count). The Hall–Kier alpha value is -4.99. The van der Waals surface area contributed by atoms with E-state index in [0.717, 1.165) is 37.3 Å². The van der Waals surface area contributed by atoms with Crippen molar-refractivity contribution in [3.05, 3.63) is 71.8 Å². The number of hydrogen-bond acceptors (Lipinski definition) is 8. The number of rotatable bonds is 6. The number of carbonyl (C=O) groups excluding carboxylic acids is 3. The van der Waals surface area contributed by atoms with Gasteiger partial charge in [-0.15, -0.1) is 0 Å². The highest BCUT2D eigenvalue weighted by Crippen LogP contribution is 2.46. The molecule has 4 heterocycles. The number of carbonyl (C=O) groups is 3. The van der Waals surface area contributed by atoms with E-state index in [9.17, 15) is 36.0 Å². The van der Waals surface area contributed by atoms with Gasteiger partial charge in [0.15, 0.2) is 5.65 Å². The van der Waals surface area contributed by atoms with Crippen molar-refractivity contribution in [1.29, 1.82) is 0 Å². The van der Waals surface area contributed by atoms with E-state index < -0.39 is 62.4 Å². The maximum atomic E-state index is 14.2. The average Bonchev–Trinajstić information content (AvgIpc) is 4.04. The first kappa shape index (κ1) is 37.0. The highest BCUT2D eigenvalue weighted by Gasteiger charge is 2.62. The molecule has 55 heavy (non-hydrogen) atoms. The lowest BCUT2D eigenvalue weighted by Crippen LogP contribution is -2.56. The molecule has 0 unspecified atom stereocenters. The summed E-state index contributed by atoms with van der Waals surface area (Å²) < 4.78 is 77.9. The number of sulfonamides is 1. The van der Waals surface area contributed by atoms with E-state index in [4.69, 9.17) is 9.72 Å². The Morgan fingerprint density at radius 1 is 1.05 bits per heavy atom. The van der Waals surface area contributed by atoms with Crippen LogP contribution in [0.5, 0.6) is 5.88 Å². The number of alkyl halides is 3. The van der Waals surface area contributed by atoms with E-state index in [1.54, 1.807) is 6.07 Å². The van der Waals surface area contributed by atoms with E-state index >= 15 is 0 Å². The van der Waals surface area contributed by atoms with Crippen LogP contribution in [0.25, 0.3) is 27.8 Å². The van der Waals surface area contributed by atoms with Crippen molar-refractivity contribution in [3.63, 3.8) is 0 Å². The highest BCUT2D eigenvalue weighted by atomic mass is 32.2. The monoisotopic (exact) mass is 778 g/mol. The number of nitrogens with zero attached hydrogens (tertiary/aromatic N) is 4. The van der Waals surface area contributed by atoms with Crippen LogP contribution in [0.4, 0.5) is 13.2 Å². The number of benzene rings is 2. The van der Waals surface area contributed by atoms with Gasteiger partial charge in [0.05, 0.1) is 23.1 Å². The molecule has 4 aromatic rings. The van der Waals surface area contributed by atoms with Gasteiger partial charge in [0.1, 0.15) is 23.2 Å². The Bertz CT molecular complexity index is 2320. The molecule has 4 atom stereocenters. The van der Waals surface area contributed by atoms with Crippen LogP contribution in [0.1, 0.15) is 75.3 Å². The van der Waals surface area contributed by atoms with E-state index in [0.29, 0.717) is 30.5 Å². The van der Waals surface area contributed by atoms with Crippen molar-refractivity contribution >= 4 is 44.3 Å². The fraction of sp³-hybridized carbons (Fsp3) is 0.462. The molecule has 0 radical (unpaired) electrons. The first-order valence-electron chi connectivity index (χ1n) is 18.7. The van der Waals surface area contributed by atoms with Crippen LogP contribution < -0.4 is 14.8 Å². The number of aromatic nitrogens is 3. The molecule has 0 spiro atoms. The van der Waals surface area contributed by atoms with Crippen molar-refractivity contribution in [2.75, 3.05) is 6.54 Å². The summed E-state index contributed by atoms with van der Waals surface area (Å²) in [4.78, 5) is 47.8. The third kappa shape index (κ3) is 7.28. The van der Waals surface area contributed by atoms with Gasteiger partial charge in [-0.2, -0.15) is 22.8 Å². The molecule has 12 nitrogen and oxygen atoms in total. The Balaban J connectivity index is 1.14. The minimum Gasteiger partial charge on any atom is -0.472 e. The van der Waals surface area contributed by atoms with Crippen LogP contribution in [0, 0.1) is 12.8 Å². The van der Waals surface area contributed by atoms with Crippen molar-refractivity contribution in [3.8, 4) is 17.1 Å². The molecule has 2 aliphatic carbocycles. The average molecular weight is 779 g/mol. The van der Waals surface area contributed by atoms with Crippen LogP contribution in [0.3, 0.4) is 0 Å². The molecule has 4 aliphatic rings. The normalized spacial score (nSPS) is 25.7. The lowest BCUT2D eigenvalue weighted by molar-refractivity contribution is -0.139. The Kier molecular flexibility index (Phi) is 9.37. The summed E-state index contributed by atoms with van der Waals surface area (Å²) in [5, 5.41) is 6.71. The van der Waals surface area contributed by atoms with Gasteiger partial charge >= 0.3 is 6.18 Å². The van der Waals surface area contributed by atoms with E-state index in [2.05, 4.69) is 15.1 Å². The van der Waals surface area contributed by atoms with Crippen LogP contribution in [0.15, 0.2) is 60.7 Å². The summed E-state index contributed by atoms with van der Waals surface area (Å²) in [6.07, 6.45) is 3.54. The summed E-state index contributed by atoms with van der Waals surface area (Å²) in [6, 6.07) is 11.7. The Labute approximate surface area is 315 Å². The minimum atomic E-state index is -4.68. The van der Waals surface area contributed by atoms with Gasteiger partial charge in [-0.05, 0) is 57.6 Å². The van der Waals surface area contributed by atoms with Crippen LogP contribution >= 0.6 is 0 Å². The number of ether oxygens (including phenoxy) is 1. The second-order valence-electron chi connectivity index (χ2n) is 15.1. The zero-order valence-electron chi connectivity index (χ0n) is 30.1. The van der Waals surface area contributed by atoms with E-state index in [1.807, 2.05) is 43.3 Å². The summed E-state index contributed by atoms with van der Waals surface area (Å²) in [5.74, 6) is -2.07. The van der Waals surface area contributed by atoms with Gasteiger partial charge in [-0.25, -0.2) is 13.4 Å². The van der Waals surface area contributed by atoms with Crippen molar-refractivity contribution < 1.29 is 40.7 Å². The first-order valence-corrected chi connectivity index (χ1v) is 20.3. The molecule has 0 bridgehead atoms. The lowest BCUT2D eigenvalue weighted by atomic mass is 10.1. The molecule has 3 amide bonds. The molecule has 1 saturated heterocycles. The van der Waals surface area contributed by atoms with Crippen LogP contribution in [0.2, 0.25) is 0 Å². The standard InChI is InChI=1S/C39H41F3N6O6S/c1-23-13-15-24(16-14-23)30-20-33(48-35(43-30)28-10-8-11-29(34(28)45-48)39(40,41)42)54-26-19-31-36(50)44-38(37(51)46-55(52,53)27-17-18-27)21-25(38)9-6-4-2-3-5-7-12-32(49)47(31)22-26/h6,8-11,13-16,20,25-27,31H,2-5,7,12,17-19,21-22H2,1H3,(H,44,50)(H,46,51)/b9-6-/t25-,26+,31-,38+/m0/s1. The molecular weight excluding hydrogens is 738 g/mol. The maximum absolute atomic E-state index is 14.2. The molecule has 290 valence electrons. The topological polar surface area (TPSA) is 152 Å². The highest BCUT2D eigenvalue weighted by molar-refractivity contribution is 7.91. The number of allylic oxidation sites excluding steroid dienone is 1. The minimum absolute atomic E-state index is 0.00553. The van der Waals surface area contributed by atoms with Gasteiger partial charge in [-0.3, -0.25) is 19.1 Å². The van der Waals surface area contributed by atoms with Gasteiger partial charge in [0, 0.05) is 35.8 Å². The molecule has 2 N–H and O–H groups in total. The number of aryl methyl sites for hydroxylation is 1. The molecule has 2 saturated carbocycles. The molecule has 16 heteroatoms. The molecule has 2 aromatic heterocycles. The summed E-state index contributed by atoms with van der Waals surface area (Å²) in [7, 11) is -3.90. The quantitative estimate of drug-likeness (QED) is 0.240. The third-order valence-electron chi connectivity index (χ3n) is 11.0. The number of hydrogen-bond donors (Lipinski definition) is 2. The molecule has 2 aromatic carbocycles. The zero-order chi connectivity index (χ0) is 38.7. The lowest BCUT2D eigenvalue weighted by Gasteiger charge is -2.26. The third-order valence-corrected chi connectivity index (χ3v) is 12.9. The van der Waals surface area contributed by atoms with Crippen molar-refractivity contribution in [2.24, 2.45) is 5.92 Å². The predicted molar refractivity (Wildman–Crippen MR) is 196 cm³/mol. The van der Waals surface area contributed by atoms with Gasteiger partial charge in [0.2, 0.25) is 27.7 Å². The first-order chi connectivity index (χ1) is 26.2. The summed E-state index contributed by atoms with van der Waals surface area (Å²) in [6.45, 7) is 1.91. The molecule has 2 aliphatic heterocycles. The van der Waals surface area contributed by atoms with Crippen molar-refractivity contribution in [1.82, 2.24) is 29.5 Å². The van der Waals surface area contributed by atoms with E-state index in [-0.39, 0.29) is 54.1 Å². The number of fused-ring (bicyclic) bond motifs is 5. The fourth-order valence-corrected chi connectivity index (χ4v) is 9.07. The molecular formula is C39H41F3N6O6S. The number of nitrogens with one attached hydrogen (secondary N) is 2. The number of halogens is 3. The Morgan fingerprint density at radius 3 is 2.56 bits per heavy atom. The van der Waals surface area contributed by atoms with Gasteiger partial charge in [0.25, 0.3) is 5.91 Å². The second kappa shape index (κ2) is 13.9. The fourth-order valence-electron chi connectivity index (χ4n) is 7.70. The largest absolute Gasteiger partial charge is 0.472 e. The smallest absolute Gasteiger partial charge is 0.418 e. The Morgan fingerprint density at radius 2 is 1.82 bits per heavy atom. The van der Waals surface area contributed by atoms with Crippen LogP contribution in [-0.2, 0) is 30.6 Å². The maximum Gasteiger partial charge on any atom is 0.418 e. The van der Waals surface area contributed by atoms with E-state index in [1.165, 1.54) is 21.5 Å². The summed E-state index contributed by atoms with van der Waals surface area (Å²) >= 11 is 0. The van der Waals surface area contributed by atoms with Gasteiger partial charge in [-0.1, -0.05) is 60.9 Å². The SMILES string of the molecule is Cc1ccc(-c2cc(O[C@@H]3C[C@H]4C(=O)N[C@]5(C(=O)NS(=O)(=O)C6CC6)C[C@@H]5/C=C\CCCCCCC(=O)N4C3)n3nc4c(C(F)(F)F)cccc4c3n2)cc1. The zero-order valence-corrected chi connectivity index (χ0v) is 31.0. The van der Waals surface area contributed by atoms with Crippen LogP contribution in [-0.4, -0.2) is 75.1 Å². The van der Waals surface area contributed by atoms with Crippen molar-refractivity contribution in [2.45, 2.75) is 100 Å².